The van der Waals surface area contributed by atoms with Crippen molar-refractivity contribution in [1.29, 1.82) is 0 Å². The van der Waals surface area contributed by atoms with E-state index in [9.17, 15) is 0 Å². The van der Waals surface area contributed by atoms with Crippen molar-refractivity contribution in [3.63, 3.8) is 0 Å². The Morgan fingerprint density at radius 1 is 2.00 bits per heavy atom. The first kappa shape index (κ1) is 5.05. The first-order valence-corrected chi connectivity index (χ1v) is 1.77. The van der Waals surface area contributed by atoms with E-state index in [0.29, 0.717) is 0 Å². The van der Waals surface area contributed by atoms with Gasteiger partial charge in [0, 0.05) is 0 Å². The second-order valence-corrected chi connectivity index (χ2v) is 1.18. The average molecular weight is 90.1 g/mol. The van der Waals surface area contributed by atoms with E-state index >= 15 is 0 Å². The fourth-order valence-electron chi connectivity index (χ4n) is 0. The molecule has 0 aromatic rings. The normalized spacial score (nSPS) is 14.0. The van der Waals surface area contributed by atoms with Gasteiger partial charge in [0.15, 0.2) is 0 Å². The number of thiol groups is 1. The lowest BCUT2D eigenvalue weighted by Gasteiger charge is -1.83. The smallest absolute Gasteiger partial charge is 0.115 e. The first-order chi connectivity index (χ1) is 2.27. The highest BCUT2D eigenvalue weighted by Crippen LogP contribution is 1.84. The molecule has 1 nitrogen and oxygen atoms in total. The molecule has 0 radical (unpaired) electrons. The van der Waals surface area contributed by atoms with Crippen LogP contribution in [-0.2, 0) is 0 Å². The van der Waals surface area contributed by atoms with E-state index in [0.717, 1.165) is 0 Å². The predicted octanol–water partition coefficient (Wildman–Crippen LogP) is 0.421. The van der Waals surface area contributed by atoms with E-state index < -0.39 is 5.44 Å². The van der Waals surface area contributed by atoms with E-state index in [1.807, 2.05) is 0 Å². The lowest BCUT2D eigenvalue weighted by Crippen LogP contribution is -1.83. The summed E-state index contributed by atoms with van der Waals surface area (Å²) in [7, 11) is 0. The summed E-state index contributed by atoms with van der Waals surface area (Å²) in [6.07, 6.45) is 1.34. The zero-order valence-electron chi connectivity index (χ0n) is 2.76. The van der Waals surface area contributed by atoms with Gasteiger partial charge in [-0.1, -0.05) is 12.7 Å². The van der Waals surface area contributed by atoms with E-state index in [1.54, 1.807) is 0 Å². The van der Waals surface area contributed by atoms with Crippen LogP contribution in [0.1, 0.15) is 0 Å². The average Bonchev–Trinajstić information content (AvgIpc) is 1.38. The quantitative estimate of drug-likeness (QED) is 0.271. The highest BCUT2D eigenvalue weighted by atomic mass is 32.1. The highest BCUT2D eigenvalue weighted by Gasteiger charge is 1.76. The summed E-state index contributed by atoms with van der Waals surface area (Å²) in [6.45, 7) is 3.23. The van der Waals surface area contributed by atoms with Crippen LogP contribution in [0.5, 0.6) is 0 Å². The summed E-state index contributed by atoms with van der Waals surface area (Å²) in [5.41, 5.74) is -0.657. The van der Waals surface area contributed by atoms with Gasteiger partial charge in [0.05, 0.1) is 0 Å². The molecule has 1 atom stereocenters. The van der Waals surface area contributed by atoms with Gasteiger partial charge in [-0.3, -0.25) is 0 Å². The molecule has 0 aromatic heterocycles. The Hall–Kier alpha value is 0.0500. The first-order valence-electron chi connectivity index (χ1n) is 1.26. The van der Waals surface area contributed by atoms with Crippen molar-refractivity contribution in [3.8, 4) is 0 Å². The second-order valence-electron chi connectivity index (χ2n) is 0.649. The van der Waals surface area contributed by atoms with Crippen molar-refractivity contribution >= 4 is 12.6 Å². The van der Waals surface area contributed by atoms with Crippen molar-refractivity contribution in [2.45, 2.75) is 5.44 Å². The Kier molecular flexibility index (Phi) is 2.32. The van der Waals surface area contributed by atoms with Gasteiger partial charge in [-0.2, -0.15) is 0 Å². The van der Waals surface area contributed by atoms with Crippen LogP contribution in [0.4, 0.5) is 0 Å². The van der Waals surface area contributed by atoms with Gasteiger partial charge in [0.25, 0.3) is 0 Å². The summed E-state index contributed by atoms with van der Waals surface area (Å²) >= 11 is 3.54. The van der Waals surface area contributed by atoms with Gasteiger partial charge >= 0.3 is 0 Å². The number of aliphatic hydroxyl groups is 1. The highest BCUT2D eigenvalue weighted by molar-refractivity contribution is 7.80. The van der Waals surface area contributed by atoms with E-state index in [4.69, 9.17) is 5.11 Å². The Morgan fingerprint density at radius 2 is 2.20 bits per heavy atom. The topological polar surface area (TPSA) is 20.2 Å². The zero-order valence-corrected chi connectivity index (χ0v) is 3.65. The molecule has 0 aliphatic carbocycles. The van der Waals surface area contributed by atoms with Gasteiger partial charge in [-0.05, 0) is 0 Å². The van der Waals surface area contributed by atoms with Crippen LogP contribution in [-0.4, -0.2) is 10.5 Å². The third kappa shape index (κ3) is 4.05. The fraction of sp³-hybridized carbons (Fsp3) is 0.333. The maximum atomic E-state index is 8.11. The number of rotatable bonds is 1. The molecule has 0 amide bonds. The third-order valence-electron chi connectivity index (χ3n) is 0.211. The van der Waals surface area contributed by atoms with Gasteiger partial charge < -0.3 is 5.11 Å². The molecule has 0 saturated heterocycles. The summed E-state index contributed by atoms with van der Waals surface area (Å²) in [4.78, 5) is 0. The van der Waals surface area contributed by atoms with Crippen molar-refractivity contribution < 1.29 is 5.11 Å². The molecule has 30 valence electrons. The summed E-state index contributed by atoms with van der Waals surface area (Å²) in [5, 5.41) is 8.11. The van der Waals surface area contributed by atoms with Crippen LogP contribution in [0.15, 0.2) is 12.7 Å². The Balaban J connectivity index is 2.83. The molecule has 0 rings (SSSR count). The minimum atomic E-state index is -0.657. The molecule has 2 heteroatoms. The lowest BCUT2D eigenvalue weighted by atomic mass is 10.7. The van der Waals surface area contributed by atoms with Gasteiger partial charge in [0.1, 0.15) is 5.44 Å². The van der Waals surface area contributed by atoms with E-state index in [1.165, 1.54) is 6.08 Å². The number of hydrogen-bond acceptors (Lipinski definition) is 2. The van der Waals surface area contributed by atoms with Crippen molar-refractivity contribution in [2.75, 3.05) is 0 Å². The molecule has 1 N–H and O–H groups in total. The molecular weight excluding hydrogens is 84.1 g/mol. The minimum absolute atomic E-state index is 0.657. The third-order valence-corrected chi connectivity index (χ3v) is 0.422. The molecule has 5 heavy (non-hydrogen) atoms. The Bertz CT molecular complexity index is 33.9. The number of aliphatic hydroxyl groups excluding tert-OH is 1. The molecule has 0 spiro atoms. The maximum absolute atomic E-state index is 8.11. The molecule has 0 aromatic carbocycles. The maximum Gasteiger partial charge on any atom is 0.115 e. The molecule has 0 fully saturated rings. The number of hydrogen-bond donors (Lipinski definition) is 2. The van der Waals surface area contributed by atoms with Crippen molar-refractivity contribution in [1.82, 2.24) is 0 Å². The van der Waals surface area contributed by atoms with Crippen molar-refractivity contribution in [3.05, 3.63) is 12.7 Å². The monoisotopic (exact) mass is 90.0 g/mol. The molecule has 0 heterocycles. The Morgan fingerprint density at radius 3 is 2.20 bits per heavy atom. The molecular formula is C3H6OS. The predicted molar refractivity (Wildman–Crippen MR) is 25.2 cm³/mol. The largest absolute Gasteiger partial charge is 0.379 e. The minimum Gasteiger partial charge on any atom is -0.379 e. The van der Waals surface area contributed by atoms with Crippen LogP contribution in [0.2, 0.25) is 0 Å². The lowest BCUT2D eigenvalue weighted by molar-refractivity contribution is 0.312. The van der Waals surface area contributed by atoms with Gasteiger partial charge in [-0.25, -0.2) is 0 Å². The van der Waals surface area contributed by atoms with Crippen molar-refractivity contribution in [2.24, 2.45) is 0 Å². The van der Waals surface area contributed by atoms with Gasteiger partial charge in [-0.15, -0.1) is 12.6 Å². The van der Waals surface area contributed by atoms with E-state index in [-0.39, 0.29) is 0 Å². The second kappa shape index (κ2) is 2.30. The van der Waals surface area contributed by atoms with E-state index in [2.05, 4.69) is 19.2 Å². The summed E-state index contributed by atoms with van der Waals surface area (Å²) in [6, 6.07) is 0. The zero-order chi connectivity index (χ0) is 4.28. The Labute approximate surface area is 36.7 Å². The van der Waals surface area contributed by atoms with Crippen LogP contribution in [0, 0.1) is 0 Å². The molecule has 0 unspecified atom stereocenters. The standard InChI is InChI=1S/C3H6OS/c1-2-3(4)5/h2-5H,1H2/t3-/m0/s1. The molecule has 0 saturated carbocycles. The molecule has 0 aliphatic rings. The van der Waals surface area contributed by atoms with Crippen LogP contribution in [0.3, 0.4) is 0 Å². The van der Waals surface area contributed by atoms with Crippen LogP contribution >= 0.6 is 12.6 Å². The molecule has 0 bridgehead atoms. The van der Waals surface area contributed by atoms with Crippen LogP contribution in [0.25, 0.3) is 0 Å². The SMILES string of the molecule is C=C[C@@H](O)S. The summed E-state index contributed by atoms with van der Waals surface area (Å²) in [5.74, 6) is 0. The van der Waals surface area contributed by atoms with Gasteiger partial charge in [0.2, 0.25) is 0 Å². The summed E-state index contributed by atoms with van der Waals surface area (Å²) < 4.78 is 0. The fourth-order valence-corrected chi connectivity index (χ4v) is 0. The molecule has 0 aliphatic heterocycles. The van der Waals surface area contributed by atoms with Crippen LogP contribution < -0.4 is 0 Å².